The number of rotatable bonds is 4. The second kappa shape index (κ2) is 7.79. The van der Waals surface area contributed by atoms with Crippen LogP contribution in [0.1, 0.15) is 31.2 Å². The van der Waals surface area contributed by atoms with E-state index in [1.165, 1.54) is 36.0 Å². The van der Waals surface area contributed by atoms with E-state index in [0.717, 1.165) is 28.9 Å². The van der Waals surface area contributed by atoms with Crippen molar-refractivity contribution in [3.05, 3.63) is 76.2 Å². The first-order chi connectivity index (χ1) is 12.8. The van der Waals surface area contributed by atoms with Gasteiger partial charge in [0.05, 0.1) is 12.2 Å². The van der Waals surface area contributed by atoms with Crippen LogP contribution >= 0.6 is 11.3 Å². The first-order valence-corrected chi connectivity index (χ1v) is 9.76. The highest BCUT2D eigenvalue weighted by atomic mass is 32.1. The minimum Gasteiger partial charge on any atom is -0.253 e. The Morgan fingerprint density at radius 2 is 1.69 bits per heavy atom. The van der Waals surface area contributed by atoms with Crippen molar-refractivity contribution >= 4 is 17.0 Å². The minimum absolute atomic E-state index is 0.236. The molecular formula is C21H20FN3S. The first-order valence-electron chi connectivity index (χ1n) is 8.88. The normalized spacial score (nSPS) is 14.8. The van der Waals surface area contributed by atoms with E-state index in [0.29, 0.717) is 12.1 Å². The van der Waals surface area contributed by atoms with Gasteiger partial charge in [-0.25, -0.2) is 9.07 Å². The lowest BCUT2D eigenvalue weighted by molar-refractivity contribution is 0.629. The molecule has 5 heteroatoms. The number of hydrogen-bond donors (Lipinski definition) is 0. The molecule has 2 aromatic carbocycles. The summed E-state index contributed by atoms with van der Waals surface area (Å²) in [6.07, 6.45) is 4.37. The highest BCUT2D eigenvalue weighted by Crippen LogP contribution is 2.24. The van der Waals surface area contributed by atoms with Crippen LogP contribution in [0.2, 0.25) is 0 Å². The van der Waals surface area contributed by atoms with Gasteiger partial charge in [0.2, 0.25) is 4.80 Å². The molecular weight excluding hydrogens is 345 g/mol. The molecule has 1 aromatic heterocycles. The molecule has 26 heavy (non-hydrogen) atoms. The molecule has 4 rings (SSSR count). The molecule has 0 spiro atoms. The second-order valence-corrected chi connectivity index (χ2v) is 7.21. The number of hydrogen-bond acceptors (Lipinski definition) is 3. The van der Waals surface area contributed by atoms with E-state index in [4.69, 9.17) is 10.1 Å². The van der Waals surface area contributed by atoms with Crippen LogP contribution in [0.5, 0.6) is 0 Å². The van der Waals surface area contributed by atoms with Gasteiger partial charge in [0.15, 0.2) is 0 Å². The van der Waals surface area contributed by atoms with Crippen molar-refractivity contribution in [2.75, 3.05) is 0 Å². The maximum Gasteiger partial charge on any atom is 0.206 e. The van der Waals surface area contributed by atoms with E-state index in [1.54, 1.807) is 12.1 Å². The highest BCUT2D eigenvalue weighted by molar-refractivity contribution is 7.07. The predicted octanol–water partition coefficient (Wildman–Crippen LogP) is 5.23. The molecule has 1 saturated carbocycles. The van der Waals surface area contributed by atoms with Gasteiger partial charge in [-0.15, -0.1) is 11.3 Å². The van der Waals surface area contributed by atoms with Crippen molar-refractivity contribution in [1.29, 1.82) is 0 Å². The standard InChI is InChI=1S/C21H20FN3S/c22-19-13-7-6-12-18(19)20-15-26-21(23-14-16-8-2-1-3-9-16)25(20)24-17-10-4-5-11-17/h1-3,6-9,12-13,15H,4-5,10-11,14H2. The summed E-state index contributed by atoms with van der Waals surface area (Å²) in [6.45, 7) is 0.586. The monoisotopic (exact) mass is 365 g/mol. The fourth-order valence-corrected chi connectivity index (χ4v) is 3.95. The lowest BCUT2D eigenvalue weighted by atomic mass is 10.1. The van der Waals surface area contributed by atoms with Crippen molar-refractivity contribution in [3.8, 4) is 11.3 Å². The molecule has 1 fully saturated rings. The number of halogens is 1. The minimum atomic E-state index is -0.236. The summed E-state index contributed by atoms with van der Waals surface area (Å²) in [5, 5.41) is 6.78. The van der Waals surface area contributed by atoms with Gasteiger partial charge in [-0.05, 0) is 43.4 Å². The summed E-state index contributed by atoms with van der Waals surface area (Å²) in [4.78, 5) is 5.54. The van der Waals surface area contributed by atoms with Crippen molar-refractivity contribution < 1.29 is 4.39 Å². The Morgan fingerprint density at radius 3 is 2.46 bits per heavy atom. The van der Waals surface area contributed by atoms with Crippen LogP contribution in [0.3, 0.4) is 0 Å². The van der Waals surface area contributed by atoms with Gasteiger partial charge >= 0.3 is 0 Å². The van der Waals surface area contributed by atoms with Crippen LogP contribution in [0.4, 0.5) is 4.39 Å². The zero-order valence-corrected chi connectivity index (χ0v) is 15.3. The van der Waals surface area contributed by atoms with Gasteiger partial charge in [-0.1, -0.05) is 42.5 Å². The average Bonchev–Trinajstić information content (AvgIpc) is 3.32. The third kappa shape index (κ3) is 3.68. The van der Waals surface area contributed by atoms with Crippen molar-refractivity contribution in [2.24, 2.45) is 10.1 Å². The van der Waals surface area contributed by atoms with Crippen molar-refractivity contribution in [1.82, 2.24) is 4.68 Å². The third-order valence-electron chi connectivity index (χ3n) is 4.50. The zero-order chi connectivity index (χ0) is 17.8. The largest absolute Gasteiger partial charge is 0.253 e. The molecule has 1 aliphatic rings. The lowest BCUT2D eigenvalue weighted by Gasteiger charge is -2.06. The molecule has 132 valence electrons. The lowest BCUT2D eigenvalue weighted by Crippen LogP contribution is -2.14. The molecule has 0 unspecified atom stereocenters. The molecule has 0 aliphatic heterocycles. The summed E-state index contributed by atoms with van der Waals surface area (Å²) in [7, 11) is 0. The highest BCUT2D eigenvalue weighted by Gasteiger charge is 2.14. The first kappa shape index (κ1) is 16.9. The third-order valence-corrected chi connectivity index (χ3v) is 5.35. The number of thiazole rings is 1. The van der Waals surface area contributed by atoms with Crippen LogP contribution in [0.15, 0.2) is 70.1 Å². The maximum absolute atomic E-state index is 14.3. The molecule has 0 atom stereocenters. The molecule has 0 saturated heterocycles. The topological polar surface area (TPSA) is 29.6 Å². The molecule has 1 heterocycles. The summed E-state index contributed by atoms with van der Waals surface area (Å²) < 4.78 is 16.2. The van der Waals surface area contributed by atoms with Crippen LogP contribution in [-0.2, 0) is 6.54 Å². The van der Waals surface area contributed by atoms with E-state index in [-0.39, 0.29) is 5.82 Å². The molecule has 0 radical (unpaired) electrons. The Morgan fingerprint density at radius 1 is 0.962 bits per heavy atom. The van der Waals surface area contributed by atoms with Crippen molar-refractivity contribution in [3.63, 3.8) is 0 Å². The summed E-state index contributed by atoms with van der Waals surface area (Å²) in [5.41, 5.74) is 3.64. The molecule has 0 N–H and O–H groups in total. The van der Waals surface area contributed by atoms with Gasteiger partial charge in [-0.2, -0.15) is 5.10 Å². The molecule has 3 aromatic rings. The second-order valence-electron chi connectivity index (χ2n) is 6.37. The van der Waals surface area contributed by atoms with E-state index >= 15 is 0 Å². The van der Waals surface area contributed by atoms with Gasteiger partial charge in [0.25, 0.3) is 0 Å². The summed E-state index contributed by atoms with van der Waals surface area (Å²) >= 11 is 1.50. The maximum atomic E-state index is 14.3. The Hall–Kier alpha value is -2.53. The Labute approximate surface area is 156 Å². The van der Waals surface area contributed by atoms with Gasteiger partial charge in [0, 0.05) is 16.7 Å². The van der Waals surface area contributed by atoms with Crippen LogP contribution in [-0.4, -0.2) is 10.4 Å². The number of aromatic nitrogens is 1. The van der Waals surface area contributed by atoms with Crippen LogP contribution in [0.25, 0.3) is 11.3 Å². The summed E-state index contributed by atoms with van der Waals surface area (Å²) in [5.74, 6) is -0.236. The van der Waals surface area contributed by atoms with E-state index < -0.39 is 0 Å². The number of benzene rings is 2. The molecule has 3 nitrogen and oxygen atoms in total. The van der Waals surface area contributed by atoms with Gasteiger partial charge < -0.3 is 0 Å². The number of nitrogens with zero attached hydrogens (tertiary/aromatic N) is 3. The quantitative estimate of drug-likeness (QED) is 0.606. The van der Waals surface area contributed by atoms with Crippen molar-refractivity contribution in [2.45, 2.75) is 32.2 Å². The molecule has 1 aliphatic carbocycles. The fourth-order valence-electron chi connectivity index (χ4n) is 3.13. The zero-order valence-electron chi connectivity index (χ0n) is 14.4. The van der Waals surface area contributed by atoms with E-state index in [1.807, 2.05) is 34.3 Å². The van der Waals surface area contributed by atoms with Crippen LogP contribution in [0, 0.1) is 5.82 Å². The SMILES string of the molecule is Fc1ccccc1-c1csc(=NCc2ccccc2)n1N=C1CCCC1. The van der Waals surface area contributed by atoms with E-state index in [2.05, 4.69) is 12.1 Å². The molecule has 0 amide bonds. The Balaban J connectivity index is 1.79. The predicted molar refractivity (Wildman–Crippen MR) is 105 cm³/mol. The van der Waals surface area contributed by atoms with E-state index in [9.17, 15) is 4.39 Å². The van der Waals surface area contributed by atoms with Gasteiger partial charge in [0.1, 0.15) is 5.82 Å². The van der Waals surface area contributed by atoms with Crippen LogP contribution < -0.4 is 4.80 Å². The smallest absolute Gasteiger partial charge is 0.206 e. The van der Waals surface area contributed by atoms with Gasteiger partial charge in [-0.3, -0.25) is 4.99 Å². The Kier molecular flexibility index (Phi) is 5.07. The Bertz CT molecular complexity index is 978. The fraction of sp³-hybridized carbons (Fsp3) is 0.238. The summed E-state index contributed by atoms with van der Waals surface area (Å²) in [6, 6.07) is 17.0. The average molecular weight is 365 g/mol. The molecule has 0 bridgehead atoms.